The van der Waals surface area contributed by atoms with Crippen molar-refractivity contribution in [1.82, 2.24) is 14.5 Å². The lowest BCUT2D eigenvalue weighted by Gasteiger charge is -2.34. The molecule has 0 radical (unpaired) electrons. The summed E-state index contributed by atoms with van der Waals surface area (Å²) in [6.45, 7) is 3.66. The molecule has 0 atom stereocenters. The Kier molecular flexibility index (Phi) is 6.40. The Morgan fingerprint density at radius 1 is 0.800 bits per heavy atom. The van der Waals surface area contributed by atoms with Crippen LogP contribution in [-0.4, -0.2) is 62.2 Å². The van der Waals surface area contributed by atoms with Gasteiger partial charge in [-0.2, -0.15) is 4.31 Å². The summed E-state index contributed by atoms with van der Waals surface area (Å²) in [7, 11) is -3.72. The maximum atomic E-state index is 13.4. The number of anilines is 2. The van der Waals surface area contributed by atoms with E-state index < -0.39 is 15.8 Å². The molecule has 3 heterocycles. The summed E-state index contributed by atoms with van der Waals surface area (Å²) < 4.78 is 40.4. The molecule has 2 aromatic rings. The molecule has 0 N–H and O–H groups in total. The minimum absolute atomic E-state index is 0.00365. The summed E-state index contributed by atoms with van der Waals surface area (Å²) in [5.74, 6) is 1.01. The summed E-state index contributed by atoms with van der Waals surface area (Å²) in [5, 5.41) is 8.59. The zero-order valence-corrected chi connectivity index (χ0v) is 18.2. The summed E-state index contributed by atoms with van der Waals surface area (Å²) in [5.41, 5.74) is 0. The number of aromatic nitrogens is 2. The van der Waals surface area contributed by atoms with E-state index in [2.05, 4.69) is 15.1 Å². The lowest BCUT2D eigenvalue weighted by atomic mass is 10.2. The van der Waals surface area contributed by atoms with Crippen molar-refractivity contribution in [3.05, 3.63) is 41.2 Å². The highest BCUT2D eigenvalue weighted by Crippen LogP contribution is 2.24. The van der Waals surface area contributed by atoms with Crippen LogP contribution in [0, 0.1) is 5.82 Å². The maximum Gasteiger partial charge on any atom is 0.243 e. The molecule has 0 aliphatic carbocycles. The first-order valence-corrected chi connectivity index (χ1v) is 12.1. The van der Waals surface area contributed by atoms with E-state index in [9.17, 15) is 12.8 Å². The maximum absolute atomic E-state index is 13.4. The minimum Gasteiger partial charge on any atom is -0.355 e. The lowest BCUT2D eigenvalue weighted by molar-refractivity contribution is 0.383. The van der Waals surface area contributed by atoms with Gasteiger partial charge in [-0.1, -0.05) is 24.4 Å². The Labute approximate surface area is 181 Å². The van der Waals surface area contributed by atoms with E-state index >= 15 is 0 Å². The molecule has 162 valence electrons. The van der Waals surface area contributed by atoms with E-state index in [0.717, 1.165) is 36.9 Å². The van der Waals surface area contributed by atoms with Crippen molar-refractivity contribution in [3.8, 4) is 0 Å². The van der Waals surface area contributed by atoms with Crippen LogP contribution in [0.1, 0.15) is 25.7 Å². The summed E-state index contributed by atoms with van der Waals surface area (Å²) in [6, 6.07) is 7.43. The fraction of sp³-hybridized carbons (Fsp3) is 0.500. The molecule has 1 aromatic heterocycles. The van der Waals surface area contributed by atoms with Crippen molar-refractivity contribution >= 4 is 33.3 Å². The predicted octanol–water partition coefficient (Wildman–Crippen LogP) is 3.16. The molecule has 7 nitrogen and oxygen atoms in total. The Hall–Kier alpha value is -1.97. The van der Waals surface area contributed by atoms with E-state index in [1.54, 1.807) is 0 Å². The van der Waals surface area contributed by atoms with Crippen molar-refractivity contribution in [1.29, 1.82) is 0 Å². The van der Waals surface area contributed by atoms with Gasteiger partial charge in [-0.3, -0.25) is 0 Å². The van der Waals surface area contributed by atoms with Gasteiger partial charge in [0.15, 0.2) is 11.6 Å². The second kappa shape index (κ2) is 9.03. The second-order valence-electron chi connectivity index (χ2n) is 7.62. The third-order valence-corrected chi connectivity index (χ3v) is 7.84. The molecule has 0 unspecified atom stereocenters. The van der Waals surface area contributed by atoms with Gasteiger partial charge < -0.3 is 9.80 Å². The highest BCUT2D eigenvalue weighted by Gasteiger charge is 2.29. The molecular weight excluding hydrogens is 429 g/mol. The van der Waals surface area contributed by atoms with Crippen molar-refractivity contribution in [3.63, 3.8) is 0 Å². The van der Waals surface area contributed by atoms with Crippen LogP contribution in [0.2, 0.25) is 5.02 Å². The van der Waals surface area contributed by atoms with Gasteiger partial charge in [0, 0.05) is 39.3 Å². The van der Waals surface area contributed by atoms with Gasteiger partial charge in [0.05, 0.1) is 9.92 Å². The number of nitrogens with zero attached hydrogens (tertiary/aromatic N) is 5. The number of benzene rings is 1. The van der Waals surface area contributed by atoms with Gasteiger partial charge in [-0.15, -0.1) is 10.2 Å². The lowest BCUT2D eigenvalue weighted by Crippen LogP contribution is -2.49. The van der Waals surface area contributed by atoms with Gasteiger partial charge in [0.2, 0.25) is 10.0 Å². The van der Waals surface area contributed by atoms with Crippen LogP contribution in [0.3, 0.4) is 0 Å². The quantitative estimate of drug-likeness (QED) is 0.708. The van der Waals surface area contributed by atoms with Gasteiger partial charge in [-0.05, 0) is 43.2 Å². The van der Waals surface area contributed by atoms with Crippen LogP contribution in [0.5, 0.6) is 0 Å². The third-order valence-electron chi connectivity index (χ3n) is 5.66. The summed E-state index contributed by atoms with van der Waals surface area (Å²) in [4.78, 5) is 4.31. The SMILES string of the molecule is O=S(=O)(c1ccc(F)c(Cl)c1)N1CCN(c2ccc(N3CCCCCC3)nn2)CC1. The second-order valence-corrected chi connectivity index (χ2v) is 9.96. The Balaban J connectivity index is 1.39. The van der Waals surface area contributed by atoms with E-state index in [1.807, 2.05) is 17.0 Å². The smallest absolute Gasteiger partial charge is 0.243 e. The van der Waals surface area contributed by atoms with E-state index in [4.69, 9.17) is 11.6 Å². The van der Waals surface area contributed by atoms with Crippen molar-refractivity contribution < 1.29 is 12.8 Å². The third kappa shape index (κ3) is 4.53. The van der Waals surface area contributed by atoms with Gasteiger partial charge in [0.25, 0.3) is 0 Å². The fourth-order valence-electron chi connectivity index (χ4n) is 3.90. The van der Waals surface area contributed by atoms with Gasteiger partial charge >= 0.3 is 0 Å². The first-order valence-electron chi connectivity index (χ1n) is 10.2. The average Bonchev–Trinajstić information content (AvgIpc) is 3.05. The van der Waals surface area contributed by atoms with Crippen molar-refractivity contribution in [2.24, 2.45) is 0 Å². The number of sulfonamides is 1. The monoisotopic (exact) mass is 453 g/mol. The molecule has 0 bridgehead atoms. The van der Waals surface area contributed by atoms with Crippen LogP contribution >= 0.6 is 11.6 Å². The molecular formula is C20H25ClFN5O2S. The van der Waals surface area contributed by atoms with Gasteiger partial charge in [-0.25, -0.2) is 12.8 Å². The largest absolute Gasteiger partial charge is 0.355 e. The highest BCUT2D eigenvalue weighted by molar-refractivity contribution is 7.89. The van der Waals surface area contributed by atoms with E-state index in [0.29, 0.717) is 26.2 Å². The molecule has 0 saturated carbocycles. The Morgan fingerprint density at radius 2 is 1.37 bits per heavy atom. The zero-order chi connectivity index (χ0) is 21.1. The normalized spacial score (nSPS) is 19.0. The predicted molar refractivity (Wildman–Crippen MR) is 115 cm³/mol. The standard InChI is InChI=1S/C20H25ClFN5O2S/c21-17-15-16(5-6-18(17)22)30(28,29)27-13-11-26(12-14-27)20-8-7-19(23-24-20)25-9-3-1-2-4-10-25/h5-8,15H,1-4,9-14H2. The summed E-state index contributed by atoms with van der Waals surface area (Å²) >= 11 is 5.76. The van der Waals surface area contributed by atoms with E-state index in [1.165, 1.54) is 36.1 Å². The van der Waals surface area contributed by atoms with Crippen LogP contribution in [0.15, 0.2) is 35.2 Å². The number of hydrogen-bond acceptors (Lipinski definition) is 6. The molecule has 10 heteroatoms. The van der Waals surface area contributed by atoms with Crippen molar-refractivity contribution in [2.45, 2.75) is 30.6 Å². The molecule has 2 saturated heterocycles. The fourth-order valence-corrected chi connectivity index (χ4v) is 5.59. The zero-order valence-electron chi connectivity index (χ0n) is 16.7. The Bertz CT molecular complexity index is 973. The molecule has 1 aromatic carbocycles. The number of rotatable bonds is 4. The van der Waals surface area contributed by atoms with Crippen molar-refractivity contribution in [2.75, 3.05) is 49.1 Å². The molecule has 0 spiro atoms. The van der Waals surface area contributed by atoms with E-state index in [-0.39, 0.29) is 9.92 Å². The number of hydrogen-bond donors (Lipinski definition) is 0. The average molecular weight is 454 g/mol. The minimum atomic E-state index is -3.72. The number of piperazine rings is 1. The molecule has 2 aliphatic rings. The molecule has 2 fully saturated rings. The Morgan fingerprint density at radius 3 is 1.90 bits per heavy atom. The molecule has 0 amide bonds. The molecule has 4 rings (SSSR count). The highest BCUT2D eigenvalue weighted by atomic mass is 35.5. The number of halogens is 2. The first kappa shape index (κ1) is 21.3. The van der Waals surface area contributed by atoms with Crippen LogP contribution in [0.25, 0.3) is 0 Å². The molecule has 2 aliphatic heterocycles. The van der Waals surface area contributed by atoms with Crippen LogP contribution < -0.4 is 9.80 Å². The topological polar surface area (TPSA) is 69.6 Å². The summed E-state index contributed by atoms with van der Waals surface area (Å²) in [6.07, 6.45) is 4.89. The first-order chi connectivity index (χ1) is 14.4. The van der Waals surface area contributed by atoms with Gasteiger partial charge in [0.1, 0.15) is 5.82 Å². The molecule has 30 heavy (non-hydrogen) atoms. The van der Waals surface area contributed by atoms with Crippen LogP contribution in [0.4, 0.5) is 16.0 Å². The van der Waals surface area contributed by atoms with Crippen LogP contribution in [-0.2, 0) is 10.0 Å².